The minimum absolute atomic E-state index is 0.0127. The van der Waals surface area contributed by atoms with Crippen LogP contribution in [0.3, 0.4) is 0 Å². The van der Waals surface area contributed by atoms with E-state index in [1.165, 1.54) is 12.1 Å². The van der Waals surface area contributed by atoms with E-state index in [1.54, 1.807) is 12.1 Å². The van der Waals surface area contributed by atoms with Crippen LogP contribution in [0.2, 0.25) is 0 Å². The highest BCUT2D eigenvalue weighted by Gasteiger charge is 2.29. The third-order valence-corrected chi connectivity index (χ3v) is 3.46. The molecule has 3 heteroatoms. The smallest absolute Gasteiger partial charge is 0.123 e. The molecule has 0 aromatic heterocycles. The summed E-state index contributed by atoms with van der Waals surface area (Å²) in [5.74, 6) is -0.200. The zero-order valence-electron chi connectivity index (χ0n) is 10.5. The van der Waals surface area contributed by atoms with Gasteiger partial charge in [0.2, 0.25) is 0 Å². The molecule has 0 radical (unpaired) electrons. The lowest BCUT2D eigenvalue weighted by Gasteiger charge is -2.36. The molecule has 17 heavy (non-hydrogen) atoms. The Labute approximate surface area is 102 Å². The Kier molecular flexibility index (Phi) is 3.79. The van der Waals surface area contributed by atoms with Gasteiger partial charge in [-0.2, -0.15) is 0 Å². The Morgan fingerprint density at radius 2 is 1.82 bits per heavy atom. The van der Waals surface area contributed by atoms with Crippen molar-refractivity contribution in [1.29, 1.82) is 0 Å². The van der Waals surface area contributed by atoms with Crippen molar-refractivity contribution in [3.63, 3.8) is 0 Å². The van der Waals surface area contributed by atoms with Crippen molar-refractivity contribution in [3.8, 4) is 0 Å². The molecule has 0 bridgehead atoms. The molecule has 2 rings (SSSR count). The van der Waals surface area contributed by atoms with Gasteiger partial charge in [0.15, 0.2) is 0 Å². The molecular weight excluding hydrogens is 217 g/mol. The number of piperidine rings is 1. The molecule has 0 amide bonds. The summed E-state index contributed by atoms with van der Waals surface area (Å²) in [5, 5.41) is 3.33. The number of nitrogens with one attached hydrogen (secondary N) is 1. The van der Waals surface area contributed by atoms with Crippen molar-refractivity contribution in [2.75, 3.05) is 13.1 Å². The van der Waals surface area contributed by atoms with Crippen LogP contribution < -0.4 is 5.32 Å². The highest BCUT2D eigenvalue weighted by atomic mass is 19.1. The summed E-state index contributed by atoms with van der Waals surface area (Å²) in [6, 6.07) is 6.56. The number of ether oxygens (including phenoxy) is 1. The van der Waals surface area contributed by atoms with Crippen molar-refractivity contribution < 1.29 is 9.13 Å². The van der Waals surface area contributed by atoms with Gasteiger partial charge >= 0.3 is 0 Å². The Bertz CT molecular complexity index is 357. The first-order chi connectivity index (χ1) is 8.09. The molecular formula is C14H20FNO. The molecule has 1 aliphatic rings. The molecule has 1 aromatic rings. The fourth-order valence-electron chi connectivity index (χ4n) is 2.30. The molecule has 1 aliphatic heterocycles. The summed E-state index contributed by atoms with van der Waals surface area (Å²) in [7, 11) is 0. The summed E-state index contributed by atoms with van der Waals surface area (Å²) in [6.07, 6.45) is 2.07. The molecule has 0 saturated carbocycles. The highest BCUT2D eigenvalue weighted by molar-refractivity contribution is 5.18. The maximum Gasteiger partial charge on any atom is 0.123 e. The fourth-order valence-corrected chi connectivity index (χ4v) is 2.30. The largest absolute Gasteiger partial charge is 0.368 e. The lowest BCUT2D eigenvalue weighted by Crippen LogP contribution is -2.42. The topological polar surface area (TPSA) is 21.3 Å². The molecule has 1 fully saturated rings. The van der Waals surface area contributed by atoms with Gasteiger partial charge < -0.3 is 10.1 Å². The van der Waals surface area contributed by atoms with Crippen molar-refractivity contribution in [3.05, 3.63) is 35.6 Å². The minimum Gasteiger partial charge on any atom is -0.368 e. The molecule has 1 atom stereocenters. The Hall–Kier alpha value is -0.930. The van der Waals surface area contributed by atoms with Crippen molar-refractivity contribution in [1.82, 2.24) is 5.32 Å². The Balaban J connectivity index is 2.00. The highest BCUT2D eigenvalue weighted by Crippen LogP contribution is 2.30. The average molecular weight is 237 g/mol. The lowest BCUT2D eigenvalue weighted by molar-refractivity contribution is -0.0934. The van der Waals surface area contributed by atoms with Gasteiger partial charge in [0.05, 0.1) is 11.7 Å². The first-order valence-corrected chi connectivity index (χ1v) is 6.23. The normalized spacial score (nSPS) is 21.1. The quantitative estimate of drug-likeness (QED) is 0.872. The van der Waals surface area contributed by atoms with E-state index in [1.807, 2.05) is 6.92 Å². The van der Waals surface area contributed by atoms with Gasteiger partial charge in [-0.25, -0.2) is 4.39 Å². The molecule has 1 N–H and O–H groups in total. The van der Waals surface area contributed by atoms with Gasteiger partial charge in [0, 0.05) is 0 Å². The zero-order valence-corrected chi connectivity index (χ0v) is 10.5. The van der Waals surface area contributed by atoms with E-state index in [0.29, 0.717) is 0 Å². The van der Waals surface area contributed by atoms with Crippen molar-refractivity contribution in [2.24, 2.45) is 0 Å². The standard InChI is InChI=1S/C14H20FNO/c1-11(12-3-5-13(15)6-4-12)17-14(2)7-9-16-10-8-14/h3-6,11,16H,7-10H2,1-2H3. The minimum atomic E-state index is -0.200. The second-order valence-corrected chi connectivity index (χ2v) is 5.01. The van der Waals surface area contributed by atoms with Crippen LogP contribution in [0.5, 0.6) is 0 Å². The Morgan fingerprint density at radius 1 is 1.24 bits per heavy atom. The van der Waals surface area contributed by atoms with E-state index in [2.05, 4.69) is 12.2 Å². The van der Waals surface area contributed by atoms with Crippen LogP contribution in [0.25, 0.3) is 0 Å². The van der Waals surface area contributed by atoms with Crippen LogP contribution in [-0.4, -0.2) is 18.7 Å². The molecule has 1 heterocycles. The van der Waals surface area contributed by atoms with E-state index >= 15 is 0 Å². The number of benzene rings is 1. The summed E-state index contributed by atoms with van der Waals surface area (Å²) < 4.78 is 19.0. The van der Waals surface area contributed by atoms with Crippen LogP contribution in [0.1, 0.15) is 38.4 Å². The summed E-state index contributed by atoms with van der Waals surface area (Å²) in [6.45, 7) is 6.20. The maximum absolute atomic E-state index is 12.8. The van der Waals surface area contributed by atoms with E-state index in [9.17, 15) is 4.39 Å². The second-order valence-electron chi connectivity index (χ2n) is 5.01. The number of halogens is 1. The molecule has 94 valence electrons. The summed E-state index contributed by atoms with van der Waals surface area (Å²) in [5.41, 5.74) is 0.977. The SMILES string of the molecule is CC(OC1(C)CCNCC1)c1ccc(F)cc1. The van der Waals surface area contributed by atoms with Gasteiger partial charge in [-0.1, -0.05) is 12.1 Å². The van der Waals surface area contributed by atoms with Crippen LogP contribution >= 0.6 is 0 Å². The van der Waals surface area contributed by atoms with E-state index < -0.39 is 0 Å². The predicted octanol–water partition coefficient (Wildman–Crippen LogP) is 3.05. The van der Waals surface area contributed by atoms with E-state index in [4.69, 9.17) is 4.74 Å². The number of rotatable bonds is 3. The summed E-state index contributed by atoms with van der Waals surface area (Å²) >= 11 is 0. The van der Waals surface area contributed by atoms with Gasteiger partial charge in [-0.3, -0.25) is 0 Å². The average Bonchev–Trinajstić information content (AvgIpc) is 2.30. The number of hydrogen-bond donors (Lipinski definition) is 1. The fraction of sp³-hybridized carbons (Fsp3) is 0.571. The second kappa shape index (κ2) is 5.15. The molecule has 0 spiro atoms. The predicted molar refractivity (Wildman–Crippen MR) is 66.4 cm³/mol. The first kappa shape index (κ1) is 12.5. The molecule has 2 nitrogen and oxygen atoms in total. The lowest BCUT2D eigenvalue weighted by atomic mass is 9.94. The number of hydrogen-bond acceptors (Lipinski definition) is 2. The third-order valence-electron chi connectivity index (χ3n) is 3.46. The van der Waals surface area contributed by atoms with Crippen molar-refractivity contribution >= 4 is 0 Å². The third kappa shape index (κ3) is 3.27. The van der Waals surface area contributed by atoms with Crippen molar-refractivity contribution in [2.45, 2.75) is 38.4 Å². The monoisotopic (exact) mass is 237 g/mol. The van der Waals surface area contributed by atoms with Gasteiger partial charge in [-0.05, 0) is 57.5 Å². The van der Waals surface area contributed by atoms with Gasteiger partial charge in [0.1, 0.15) is 5.82 Å². The molecule has 1 aromatic carbocycles. The maximum atomic E-state index is 12.8. The molecule has 0 aliphatic carbocycles. The van der Waals surface area contributed by atoms with Crippen LogP contribution in [0.4, 0.5) is 4.39 Å². The molecule has 1 saturated heterocycles. The van der Waals surface area contributed by atoms with Gasteiger partial charge in [0.25, 0.3) is 0 Å². The van der Waals surface area contributed by atoms with Crippen LogP contribution in [0, 0.1) is 5.82 Å². The van der Waals surface area contributed by atoms with Gasteiger partial charge in [-0.15, -0.1) is 0 Å². The van der Waals surface area contributed by atoms with E-state index in [0.717, 1.165) is 31.5 Å². The molecule has 1 unspecified atom stereocenters. The van der Waals surface area contributed by atoms with E-state index in [-0.39, 0.29) is 17.5 Å². The first-order valence-electron chi connectivity index (χ1n) is 6.23. The zero-order chi connectivity index (χ0) is 12.3. The van der Waals surface area contributed by atoms with Crippen LogP contribution in [0.15, 0.2) is 24.3 Å². The Morgan fingerprint density at radius 3 is 2.41 bits per heavy atom. The summed E-state index contributed by atoms with van der Waals surface area (Å²) in [4.78, 5) is 0. The van der Waals surface area contributed by atoms with Crippen LogP contribution in [-0.2, 0) is 4.74 Å².